The predicted molar refractivity (Wildman–Crippen MR) is 125 cm³/mol. The summed E-state index contributed by atoms with van der Waals surface area (Å²) in [7, 11) is 0. The number of anilines is 1. The molecule has 0 spiro atoms. The number of thiophene rings is 1. The van der Waals surface area contributed by atoms with Crippen molar-refractivity contribution in [2.45, 2.75) is 19.8 Å². The topological polar surface area (TPSA) is 67.9 Å². The van der Waals surface area contributed by atoms with Gasteiger partial charge in [-0.2, -0.15) is 0 Å². The van der Waals surface area contributed by atoms with Crippen LogP contribution in [0.3, 0.4) is 0 Å². The highest BCUT2D eigenvalue weighted by Gasteiger charge is 2.22. The maximum Gasteiger partial charge on any atom is 0.265 e. The first kappa shape index (κ1) is 20.6. The molecular weight excluding hydrogens is 424 g/mol. The van der Waals surface area contributed by atoms with Crippen LogP contribution < -0.4 is 14.8 Å². The van der Waals surface area contributed by atoms with Crippen molar-refractivity contribution in [3.8, 4) is 21.9 Å². The van der Waals surface area contributed by atoms with Crippen LogP contribution in [0.5, 0.6) is 11.5 Å². The number of benzene rings is 2. The summed E-state index contributed by atoms with van der Waals surface area (Å²) in [5, 5.41) is 2.98. The van der Waals surface area contributed by atoms with E-state index in [-0.39, 0.29) is 11.8 Å². The molecular formula is C25H24N2O4S. The fourth-order valence-electron chi connectivity index (χ4n) is 4.09. The van der Waals surface area contributed by atoms with Gasteiger partial charge < -0.3 is 19.7 Å². The Morgan fingerprint density at radius 3 is 2.56 bits per heavy atom. The van der Waals surface area contributed by atoms with E-state index in [9.17, 15) is 9.59 Å². The molecule has 1 fully saturated rings. The van der Waals surface area contributed by atoms with E-state index in [2.05, 4.69) is 5.32 Å². The zero-order valence-electron chi connectivity index (χ0n) is 17.8. The lowest BCUT2D eigenvalue weighted by Crippen LogP contribution is -2.28. The first-order valence-electron chi connectivity index (χ1n) is 10.8. The lowest BCUT2D eigenvalue weighted by atomic mass is 10.1. The van der Waals surface area contributed by atoms with E-state index in [1.807, 2.05) is 60.4 Å². The molecule has 2 aliphatic heterocycles. The maximum atomic E-state index is 12.9. The smallest absolute Gasteiger partial charge is 0.265 e. The van der Waals surface area contributed by atoms with Gasteiger partial charge in [0.15, 0.2) is 11.5 Å². The zero-order chi connectivity index (χ0) is 22.1. The monoisotopic (exact) mass is 448 g/mol. The standard InChI is InChI=1S/C25H24N2O4S/c1-16-18(25(29)27-11-2-3-12-27)5-4-6-19(16)26-24(28)23-10-9-22(32-23)17-7-8-20-21(15-17)31-14-13-30-20/h4-10,15H,2-3,11-14H2,1H3,(H,26,28). The van der Waals surface area contributed by atoms with Crippen LogP contribution in [0.1, 0.15) is 38.4 Å². The van der Waals surface area contributed by atoms with Crippen LogP contribution in [0.15, 0.2) is 48.5 Å². The summed E-state index contributed by atoms with van der Waals surface area (Å²) in [6.45, 7) is 4.57. The number of likely N-dealkylation sites (tertiary alicyclic amines) is 1. The second kappa shape index (κ2) is 8.67. The lowest BCUT2D eigenvalue weighted by molar-refractivity contribution is 0.0791. The third-order valence-electron chi connectivity index (χ3n) is 5.86. The van der Waals surface area contributed by atoms with Gasteiger partial charge >= 0.3 is 0 Å². The highest BCUT2D eigenvalue weighted by atomic mass is 32.1. The van der Waals surface area contributed by atoms with E-state index in [1.165, 1.54) is 11.3 Å². The summed E-state index contributed by atoms with van der Waals surface area (Å²) in [6, 6.07) is 15.1. The molecule has 1 N–H and O–H groups in total. The van der Waals surface area contributed by atoms with Crippen LogP contribution in [-0.2, 0) is 0 Å². The quantitative estimate of drug-likeness (QED) is 0.611. The molecule has 32 heavy (non-hydrogen) atoms. The van der Waals surface area contributed by atoms with Crippen molar-refractivity contribution >= 4 is 28.8 Å². The van der Waals surface area contributed by atoms with E-state index in [1.54, 1.807) is 0 Å². The molecule has 2 aromatic carbocycles. The van der Waals surface area contributed by atoms with Gasteiger partial charge in [-0.15, -0.1) is 11.3 Å². The third-order valence-corrected chi connectivity index (χ3v) is 7.00. The molecule has 6 nitrogen and oxygen atoms in total. The number of carbonyl (C=O) groups is 2. The molecule has 3 heterocycles. The second-order valence-corrected chi connectivity index (χ2v) is 9.04. The van der Waals surface area contributed by atoms with Crippen molar-refractivity contribution in [3.05, 3.63) is 64.5 Å². The van der Waals surface area contributed by atoms with Gasteiger partial charge in [0.05, 0.1) is 4.88 Å². The van der Waals surface area contributed by atoms with Crippen molar-refractivity contribution in [2.24, 2.45) is 0 Å². The number of nitrogens with one attached hydrogen (secondary N) is 1. The second-order valence-electron chi connectivity index (χ2n) is 7.95. The van der Waals surface area contributed by atoms with Crippen molar-refractivity contribution < 1.29 is 19.1 Å². The highest BCUT2D eigenvalue weighted by Crippen LogP contribution is 2.37. The zero-order valence-corrected chi connectivity index (χ0v) is 18.7. The van der Waals surface area contributed by atoms with Gasteiger partial charge in [0.25, 0.3) is 11.8 Å². The summed E-state index contributed by atoms with van der Waals surface area (Å²) in [4.78, 5) is 29.2. The fraction of sp³-hybridized carbons (Fsp3) is 0.280. The number of ether oxygens (including phenoxy) is 2. The Bertz CT molecular complexity index is 1180. The Labute approximate surface area is 190 Å². The van der Waals surface area contributed by atoms with E-state index in [0.29, 0.717) is 29.3 Å². The van der Waals surface area contributed by atoms with Crippen LogP contribution in [0.4, 0.5) is 5.69 Å². The third kappa shape index (κ3) is 3.96. The minimum absolute atomic E-state index is 0.0353. The highest BCUT2D eigenvalue weighted by molar-refractivity contribution is 7.17. The number of fused-ring (bicyclic) bond motifs is 1. The number of nitrogens with zero attached hydrogens (tertiary/aromatic N) is 1. The molecule has 164 valence electrons. The van der Waals surface area contributed by atoms with Crippen LogP contribution >= 0.6 is 11.3 Å². The summed E-state index contributed by atoms with van der Waals surface area (Å²) < 4.78 is 11.3. The van der Waals surface area contributed by atoms with Crippen LogP contribution in [0.25, 0.3) is 10.4 Å². The van der Waals surface area contributed by atoms with Gasteiger partial charge in [-0.3, -0.25) is 9.59 Å². The summed E-state index contributed by atoms with van der Waals surface area (Å²) in [6.07, 6.45) is 2.09. The van der Waals surface area contributed by atoms with E-state index in [0.717, 1.165) is 53.4 Å². The van der Waals surface area contributed by atoms with Crippen molar-refractivity contribution in [2.75, 3.05) is 31.6 Å². The average molecular weight is 449 g/mol. The number of rotatable bonds is 4. The molecule has 2 amide bonds. The van der Waals surface area contributed by atoms with Gasteiger partial charge in [-0.05, 0) is 73.4 Å². The molecule has 2 aliphatic rings. The molecule has 5 rings (SSSR count). The molecule has 0 atom stereocenters. The summed E-state index contributed by atoms with van der Waals surface area (Å²) in [5.74, 6) is 1.32. The van der Waals surface area contributed by atoms with E-state index in [4.69, 9.17) is 9.47 Å². The van der Waals surface area contributed by atoms with E-state index < -0.39 is 0 Å². The van der Waals surface area contributed by atoms with Crippen LogP contribution in [-0.4, -0.2) is 43.0 Å². The first-order chi connectivity index (χ1) is 15.6. The van der Waals surface area contributed by atoms with Gasteiger partial charge in [-0.25, -0.2) is 0 Å². The Hall–Kier alpha value is -3.32. The molecule has 0 saturated carbocycles. The first-order valence-corrected chi connectivity index (χ1v) is 11.6. The fourth-order valence-corrected chi connectivity index (χ4v) is 4.99. The van der Waals surface area contributed by atoms with Crippen molar-refractivity contribution in [1.29, 1.82) is 0 Å². The van der Waals surface area contributed by atoms with Crippen molar-refractivity contribution in [1.82, 2.24) is 4.90 Å². The largest absolute Gasteiger partial charge is 0.486 e. The SMILES string of the molecule is Cc1c(NC(=O)c2ccc(-c3ccc4c(c3)OCCO4)s2)cccc1C(=O)N1CCCC1. The maximum absolute atomic E-state index is 12.9. The molecule has 3 aromatic rings. The van der Waals surface area contributed by atoms with Gasteiger partial charge in [0.1, 0.15) is 13.2 Å². The Morgan fingerprint density at radius 1 is 0.969 bits per heavy atom. The lowest BCUT2D eigenvalue weighted by Gasteiger charge is -2.18. The number of carbonyl (C=O) groups excluding carboxylic acids is 2. The molecule has 1 aromatic heterocycles. The minimum Gasteiger partial charge on any atom is -0.486 e. The number of hydrogen-bond donors (Lipinski definition) is 1. The number of hydrogen-bond acceptors (Lipinski definition) is 5. The van der Waals surface area contributed by atoms with E-state index >= 15 is 0 Å². The Balaban J connectivity index is 1.33. The predicted octanol–water partition coefficient (Wildman–Crippen LogP) is 4.98. The molecule has 7 heteroatoms. The molecule has 0 aliphatic carbocycles. The van der Waals surface area contributed by atoms with Gasteiger partial charge in [0, 0.05) is 29.2 Å². The van der Waals surface area contributed by atoms with Crippen LogP contribution in [0, 0.1) is 6.92 Å². The molecule has 0 bridgehead atoms. The van der Waals surface area contributed by atoms with Gasteiger partial charge in [0.2, 0.25) is 0 Å². The Kier molecular flexibility index (Phi) is 5.57. The van der Waals surface area contributed by atoms with Gasteiger partial charge in [-0.1, -0.05) is 6.07 Å². The van der Waals surface area contributed by atoms with Crippen LogP contribution in [0.2, 0.25) is 0 Å². The summed E-state index contributed by atoms with van der Waals surface area (Å²) >= 11 is 1.42. The Morgan fingerprint density at radius 2 is 1.75 bits per heavy atom. The molecule has 0 radical (unpaired) electrons. The van der Waals surface area contributed by atoms with Crippen molar-refractivity contribution in [3.63, 3.8) is 0 Å². The summed E-state index contributed by atoms with van der Waals surface area (Å²) in [5.41, 5.74) is 3.08. The number of amides is 2. The molecule has 0 unspecified atom stereocenters. The molecule has 1 saturated heterocycles. The minimum atomic E-state index is -0.187. The average Bonchev–Trinajstić information content (AvgIpc) is 3.52. The normalized spacial score (nSPS) is 15.0.